The number of hydrogen-bond acceptors (Lipinski definition) is 4. The fourth-order valence-electron chi connectivity index (χ4n) is 3.16. The Hall–Kier alpha value is -2.79. The van der Waals surface area contributed by atoms with E-state index in [1.165, 1.54) is 5.56 Å². The van der Waals surface area contributed by atoms with E-state index in [4.69, 9.17) is 9.84 Å². The van der Waals surface area contributed by atoms with Gasteiger partial charge in [-0.3, -0.25) is 9.78 Å². The maximum Gasteiger partial charge on any atom is 0.307 e. The van der Waals surface area contributed by atoms with Crippen molar-refractivity contribution in [2.24, 2.45) is 0 Å². The summed E-state index contributed by atoms with van der Waals surface area (Å²) in [6.45, 7) is 4.22. The number of rotatable bonds is 10. The number of pyridine rings is 1. The normalized spacial score (nSPS) is 11.8. The van der Waals surface area contributed by atoms with Crippen molar-refractivity contribution >= 4 is 17.7 Å². The number of hydrogen-bond donors (Lipinski definition) is 1. The highest BCUT2D eigenvalue weighted by Gasteiger charge is 2.12. The van der Waals surface area contributed by atoms with Crippen LogP contribution in [0.3, 0.4) is 0 Å². The molecule has 0 aliphatic rings. The highest BCUT2D eigenvalue weighted by molar-refractivity contribution is 7.99. The molecule has 1 heterocycles. The number of carbonyl (C=O) groups is 1. The Morgan fingerprint density at radius 1 is 1.10 bits per heavy atom. The van der Waals surface area contributed by atoms with Gasteiger partial charge < -0.3 is 9.84 Å². The Bertz CT molecular complexity index is 975. The summed E-state index contributed by atoms with van der Waals surface area (Å²) in [6.07, 6.45) is 3.75. The summed E-state index contributed by atoms with van der Waals surface area (Å²) < 4.78 is 6.28. The zero-order valence-electron chi connectivity index (χ0n) is 17.4. The van der Waals surface area contributed by atoms with Crippen molar-refractivity contribution < 1.29 is 14.6 Å². The molecule has 30 heavy (non-hydrogen) atoms. The van der Waals surface area contributed by atoms with Crippen LogP contribution in [0.25, 0.3) is 11.3 Å². The molecule has 156 valence electrons. The zero-order valence-corrected chi connectivity index (χ0v) is 18.2. The molecule has 0 aliphatic heterocycles. The molecule has 4 nitrogen and oxygen atoms in total. The number of benzene rings is 2. The number of ether oxygens (including phenoxy) is 1. The molecular formula is C25H27NO3S. The topological polar surface area (TPSA) is 59.4 Å². The van der Waals surface area contributed by atoms with Gasteiger partial charge in [0, 0.05) is 22.4 Å². The Morgan fingerprint density at radius 3 is 2.70 bits per heavy atom. The molecule has 5 heteroatoms. The summed E-state index contributed by atoms with van der Waals surface area (Å²) in [5.41, 5.74) is 4.02. The van der Waals surface area contributed by atoms with Gasteiger partial charge in [-0.25, -0.2) is 0 Å². The van der Waals surface area contributed by atoms with Crippen molar-refractivity contribution in [3.63, 3.8) is 0 Å². The molecule has 0 amide bonds. The highest BCUT2D eigenvalue weighted by atomic mass is 32.2. The van der Waals surface area contributed by atoms with E-state index in [0.29, 0.717) is 0 Å². The van der Waals surface area contributed by atoms with Gasteiger partial charge in [-0.05, 0) is 67.3 Å². The first kappa shape index (κ1) is 21.9. The molecule has 3 aromatic rings. The molecule has 0 aliphatic carbocycles. The summed E-state index contributed by atoms with van der Waals surface area (Å²) in [5, 5.41) is 8.96. The van der Waals surface area contributed by atoms with Crippen molar-refractivity contribution in [1.82, 2.24) is 4.98 Å². The second-order valence-corrected chi connectivity index (χ2v) is 8.35. The van der Waals surface area contributed by atoms with Crippen LogP contribution in [0.15, 0.2) is 71.8 Å². The standard InChI is InChI=1S/C25H27NO3S/c1-3-19-10-11-24(22(16-19)23-9-4-5-13-26-23)29-18(2)12-14-30-21-8-6-7-20(15-21)17-25(27)28/h4-11,13,15-16,18H,3,12,14,17H2,1-2H3,(H,27,28). The van der Waals surface area contributed by atoms with Crippen molar-refractivity contribution in [3.8, 4) is 17.0 Å². The Labute approximate surface area is 182 Å². The third kappa shape index (κ3) is 6.36. The van der Waals surface area contributed by atoms with E-state index in [9.17, 15) is 4.79 Å². The van der Waals surface area contributed by atoms with E-state index < -0.39 is 5.97 Å². The average Bonchev–Trinajstić information content (AvgIpc) is 2.74. The van der Waals surface area contributed by atoms with Gasteiger partial charge in [-0.2, -0.15) is 0 Å². The molecule has 0 saturated carbocycles. The van der Waals surface area contributed by atoms with E-state index >= 15 is 0 Å². The lowest BCUT2D eigenvalue weighted by atomic mass is 10.0. The number of carboxylic acid groups (broad SMARTS) is 1. The molecule has 0 saturated heterocycles. The van der Waals surface area contributed by atoms with Crippen LogP contribution in [0.5, 0.6) is 5.75 Å². The third-order valence-electron chi connectivity index (χ3n) is 4.77. The lowest BCUT2D eigenvalue weighted by Crippen LogP contribution is -2.13. The lowest BCUT2D eigenvalue weighted by molar-refractivity contribution is -0.136. The summed E-state index contributed by atoms with van der Waals surface area (Å²) >= 11 is 1.72. The number of thioether (sulfide) groups is 1. The number of carboxylic acids is 1. The van der Waals surface area contributed by atoms with Gasteiger partial charge >= 0.3 is 5.97 Å². The summed E-state index contributed by atoms with van der Waals surface area (Å²) in [7, 11) is 0. The van der Waals surface area contributed by atoms with Gasteiger partial charge in [0.2, 0.25) is 0 Å². The molecule has 0 fully saturated rings. The monoisotopic (exact) mass is 421 g/mol. The maximum atomic E-state index is 10.9. The molecule has 1 N–H and O–H groups in total. The molecular weight excluding hydrogens is 394 g/mol. The molecule has 0 radical (unpaired) electrons. The first-order valence-corrected chi connectivity index (χ1v) is 11.2. The average molecular weight is 422 g/mol. The minimum atomic E-state index is -0.808. The van der Waals surface area contributed by atoms with Crippen LogP contribution >= 0.6 is 11.8 Å². The maximum absolute atomic E-state index is 10.9. The summed E-state index contributed by atoms with van der Waals surface area (Å²) in [6, 6.07) is 20.0. The van der Waals surface area contributed by atoms with E-state index in [1.54, 1.807) is 18.0 Å². The van der Waals surface area contributed by atoms with Crippen LogP contribution in [-0.2, 0) is 17.6 Å². The third-order valence-corrected chi connectivity index (χ3v) is 5.80. The molecule has 2 aromatic carbocycles. The number of aliphatic carboxylic acids is 1. The fourth-order valence-corrected chi connectivity index (χ4v) is 4.26. The van der Waals surface area contributed by atoms with Crippen LogP contribution in [0.4, 0.5) is 0 Å². The van der Waals surface area contributed by atoms with Gasteiger partial charge in [0.05, 0.1) is 18.2 Å². The van der Waals surface area contributed by atoms with E-state index in [1.807, 2.05) is 48.5 Å². The molecule has 1 aromatic heterocycles. The Balaban J connectivity index is 1.61. The van der Waals surface area contributed by atoms with Crippen molar-refractivity contribution in [3.05, 3.63) is 78.0 Å². The van der Waals surface area contributed by atoms with Crippen molar-refractivity contribution in [2.75, 3.05) is 5.75 Å². The fraction of sp³-hybridized carbons (Fsp3) is 0.280. The van der Waals surface area contributed by atoms with Crippen molar-refractivity contribution in [2.45, 2.75) is 44.1 Å². The number of nitrogens with zero attached hydrogens (tertiary/aromatic N) is 1. The predicted molar refractivity (Wildman–Crippen MR) is 122 cm³/mol. The van der Waals surface area contributed by atoms with Gasteiger partial charge in [-0.1, -0.05) is 31.2 Å². The van der Waals surface area contributed by atoms with Crippen LogP contribution < -0.4 is 4.74 Å². The summed E-state index contributed by atoms with van der Waals surface area (Å²) in [4.78, 5) is 16.5. The Morgan fingerprint density at radius 2 is 1.97 bits per heavy atom. The largest absolute Gasteiger partial charge is 0.490 e. The molecule has 1 unspecified atom stereocenters. The smallest absolute Gasteiger partial charge is 0.307 e. The SMILES string of the molecule is CCc1ccc(OC(C)CCSc2cccc(CC(=O)O)c2)c(-c2ccccn2)c1. The van der Waals surface area contributed by atoms with Gasteiger partial charge in [0.15, 0.2) is 0 Å². The van der Waals surface area contributed by atoms with Gasteiger partial charge in [0.1, 0.15) is 5.75 Å². The quantitative estimate of drug-likeness (QED) is 0.414. The van der Waals surface area contributed by atoms with Gasteiger partial charge in [-0.15, -0.1) is 11.8 Å². The Kier molecular flexibility index (Phi) is 7.91. The van der Waals surface area contributed by atoms with E-state index in [-0.39, 0.29) is 12.5 Å². The predicted octanol–water partition coefficient (Wildman–Crippen LogP) is 5.89. The second-order valence-electron chi connectivity index (χ2n) is 7.18. The molecule has 3 rings (SSSR count). The number of aryl methyl sites for hydroxylation is 1. The molecule has 0 bridgehead atoms. The van der Waals surface area contributed by atoms with Crippen LogP contribution in [0.1, 0.15) is 31.4 Å². The second kappa shape index (κ2) is 10.8. The van der Waals surface area contributed by atoms with Crippen LogP contribution in [0.2, 0.25) is 0 Å². The van der Waals surface area contributed by atoms with E-state index in [2.05, 4.69) is 31.0 Å². The zero-order chi connectivity index (χ0) is 21.3. The molecule has 0 spiro atoms. The summed E-state index contributed by atoms with van der Waals surface area (Å²) in [5.74, 6) is 0.938. The van der Waals surface area contributed by atoms with E-state index in [0.717, 1.165) is 46.1 Å². The minimum Gasteiger partial charge on any atom is -0.490 e. The van der Waals surface area contributed by atoms with Gasteiger partial charge in [0.25, 0.3) is 0 Å². The number of aromatic nitrogens is 1. The minimum absolute atomic E-state index is 0.0506. The van der Waals surface area contributed by atoms with Crippen LogP contribution in [0, 0.1) is 0 Å². The van der Waals surface area contributed by atoms with Crippen molar-refractivity contribution in [1.29, 1.82) is 0 Å². The first-order chi connectivity index (χ1) is 14.5. The van der Waals surface area contributed by atoms with Crippen LogP contribution in [-0.4, -0.2) is 27.9 Å². The lowest BCUT2D eigenvalue weighted by Gasteiger charge is -2.18. The molecule has 1 atom stereocenters. The first-order valence-electron chi connectivity index (χ1n) is 10.2. The highest BCUT2D eigenvalue weighted by Crippen LogP contribution is 2.31.